The topological polar surface area (TPSA) is 29.3 Å². The summed E-state index contributed by atoms with van der Waals surface area (Å²) in [5, 5.41) is 2.15. The molecular formula is C12H20N2S. The van der Waals surface area contributed by atoms with Crippen LogP contribution < -0.4 is 5.73 Å². The number of nitrogens with two attached hydrogens (primary N) is 1. The fraction of sp³-hybridized carbons (Fsp3) is 0.667. The van der Waals surface area contributed by atoms with Crippen LogP contribution in [0.2, 0.25) is 0 Å². The molecule has 0 amide bonds. The van der Waals surface area contributed by atoms with E-state index in [1.165, 1.54) is 17.7 Å². The van der Waals surface area contributed by atoms with Crippen LogP contribution in [0.15, 0.2) is 17.5 Å². The van der Waals surface area contributed by atoms with E-state index >= 15 is 0 Å². The maximum Gasteiger partial charge on any atom is 0.0333 e. The van der Waals surface area contributed by atoms with Gasteiger partial charge in [-0.3, -0.25) is 4.90 Å². The van der Waals surface area contributed by atoms with Crippen molar-refractivity contribution >= 4 is 11.3 Å². The molecule has 1 heterocycles. The highest BCUT2D eigenvalue weighted by Gasteiger charge is 2.32. The minimum absolute atomic E-state index is 0.444. The van der Waals surface area contributed by atoms with E-state index in [4.69, 9.17) is 5.73 Å². The molecule has 1 aromatic rings. The van der Waals surface area contributed by atoms with Crippen molar-refractivity contribution < 1.29 is 0 Å². The molecule has 84 valence electrons. The van der Waals surface area contributed by atoms with Gasteiger partial charge in [0.15, 0.2) is 0 Å². The summed E-state index contributed by atoms with van der Waals surface area (Å²) in [6.07, 6.45) is 2.34. The van der Waals surface area contributed by atoms with Gasteiger partial charge >= 0.3 is 0 Å². The first-order chi connectivity index (χ1) is 7.16. The van der Waals surface area contributed by atoms with Gasteiger partial charge in [-0.15, -0.1) is 11.3 Å². The number of nitrogens with zero attached hydrogens (tertiary/aromatic N) is 1. The van der Waals surface area contributed by atoms with Gasteiger partial charge in [0.05, 0.1) is 0 Å². The monoisotopic (exact) mass is 224 g/mol. The zero-order valence-electron chi connectivity index (χ0n) is 9.52. The van der Waals surface area contributed by atoms with Gasteiger partial charge in [-0.05, 0) is 38.1 Å². The molecule has 0 aromatic carbocycles. The molecule has 0 radical (unpaired) electrons. The molecule has 3 heteroatoms. The lowest BCUT2D eigenvalue weighted by atomic mass is 9.85. The van der Waals surface area contributed by atoms with Gasteiger partial charge in [0, 0.05) is 29.5 Å². The van der Waals surface area contributed by atoms with Crippen LogP contribution in [0.5, 0.6) is 0 Å². The Bertz CT molecular complexity index is 289. The Hall–Kier alpha value is -0.380. The minimum Gasteiger partial charge on any atom is -0.328 e. The standard InChI is InChI=1S/C12H20N2S/c1-9(2)14(11-6-10(13)7-11)8-12-4-3-5-15-12/h3-5,9-11H,6-8,13H2,1-2H3. The molecule has 0 unspecified atom stereocenters. The van der Waals surface area contributed by atoms with Crippen LogP contribution in [0.4, 0.5) is 0 Å². The molecule has 1 aliphatic carbocycles. The average Bonchev–Trinajstić information content (AvgIpc) is 2.61. The van der Waals surface area contributed by atoms with Gasteiger partial charge in [0.25, 0.3) is 0 Å². The largest absolute Gasteiger partial charge is 0.328 e. The summed E-state index contributed by atoms with van der Waals surface area (Å²) >= 11 is 1.85. The number of hydrogen-bond acceptors (Lipinski definition) is 3. The van der Waals surface area contributed by atoms with Crippen molar-refractivity contribution in [2.45, 2.75) is 51.4 Å². The summed E-state index contributed by atoms with van der Waals surface area (Å²) in [5.41, 5.74) is 5.86. The second-order valence-electron chi connectivity index (χ2n) is 4.73. The molecule has 15 heavy (non-hydrogen) atoms. The Kier molecular flexibility index (Phi) is 3.44. The van der Waals surface area contributed by atoms with E-state index < -0.39 is 0 Å². The van der Waals surface area contributed by atoms with Gasteiger partial charge < -0.3 is 5.73 Å². The molecule has 1 aliphatic rings. The lowest BCUT2D eigenvalue weighted by molar-refractivity contribution is 0.0741. The molecule has 0 aliphatic heterocycles. The quantitative estimate of drug-likeness (QED) is 0.851. The highest BCUT2D eigenvalue weighted by Crippen LogP contribution is 2.28. The number of thiophene rings is 1. The Labute approximate surface area is 96.1 Å². The third-order valence-corrected chi connectivity index (χ3v) is 4.06. The van der Waals surface area contributed by atoms with Gasteiger partial charge in [0.2, 0.25) is 0 Å². The van der Waals surface area contributed by atoms with Gasteiger partial charge in [0.1, 0.15) is 0 Å². The van der Waals surface area contributed by atoms with Crippen molar-refractivity contribution in [2.24, 2.45) is 5.73 Å². The zero-order chi connectivity index (χ0) is 10.8. The Morgan fingerprint density at radius 1 is 1.53 bits per heavy atom. The zero-order valence-corrected chi connectivity index (χ0v) is 10.3. The van der Waals surface area contributed by atoms with E-state index in [0.717, 1.165) is 6.54 Å². The predicted molar refractivity (Wildman–Crippen MR) is 66.0 cm³/mol. The Morgan fingerprint density at radius 2 is 2.27 bits per heavy atom. The number of hydrogen-bond donors (Lipinski definition) is 1. The molecule has 0 spiro atoms. The van der Waals surface area contributed by atoms with Crippen molar-refractivity contribution in [3.63, 3.8) is 0 Å². The van der Waals surface area contributed by atoms with Gasteiger partial charge in [-0.1, -0.05) is 6.07 Å². The van der Waals surface area contributed by atoms with Crippen LogP contribution in [-0.2, 0) is 6.54 Å². The van der Waals surface area contributed by atoms with E-state index in [-0.39, 0.29) is 0 Å². The van der Waals surface area contributed by atoms with E-state index in [1.54, 1.807) is 0 Å². The maximum absolute atomic E-state index is 5.86. The molecule has 0 bridgehead atoms. The molecule has 1 fully saturated rings. The Morgan fingerprint density at radius 3 is 2.73 bits per heavy atom. The second kappa shape index (κ2) is 4.64. The first-order valence-corrected chi connectivity index (χ1v) is 6.58. The molecule has 1 aromatic heterocycles. The maximum atomic E-state index is 5.86. The van der Waals surface area contributed by atoms with Crippen molar-refractivity contribution in [1.82, 2.24) is 4.90 Å². The van der Waals surface area contributed by atoms with Crippen LogP contribution in [0.25, 0.3) is 0 Å². The van der Waals surface area contributed by atoms with Crippen LogP contribution >= 0.6 is 11.3 Å². The summed E-state index contributed by atoms with van der Waals surface area (Å²) in [4.78, 5) is 4.04. The average molecular weight is 224 g/mol. The number of rotatable bonds is 4. The van der Waals surface area contributed by atoms with Crippen molar-refractivity contribution in [2.75, 3.05) is 0 Å². The lowest BCUT2D eigenvalue weighted by Gasteiger charge is -2.43. The third-order valence-electron chi connectivity index (χ3n) is 3.20. The summed E-state index contributed by atoms with van der Waals surface area (Å²) in [7, 11) is 0. The van der Waals surface area contributed by atoms with Gasteiger partial charge in [-0.2, -0.15) is 0 Å². The second-order valence-corrected chi connectivity index (χ2v) is 5.76. The molecular weight excluding hydrogens is 204 g/mol. The van der Waals surface area contributed by atoms with E-state index in [2.05, 4.69) is 36.3 Å². The minimum atomic E-state index is 0.444. The first kappa shape index (κ1) is 11.1. The summed E-state index contributed by atoms with van der Waals surface area (Å²) in [6, 6.07) is 6.12. The fourth-order valence-electron chi connectivity index (χ4n) is 2.22. The van der Waals surface area contributed by atoms with E-state index in [1.807, 2.05) is 11.3 Å². The van der Waals surface area contributed by atoms with Crippen molar-refractivity contribution in [3.8, 4) is 0 Å². The summed E-state index contributed by atoms with van der Waals surface area (Å²) < 4.78 is 0. The van der Waals surface area contributed by atoms with Crippen molar-refractivity contribution in [3.05, 3.63) is 22.4 Å². The van der Waals surface area contributed by atoms with Crippen LogP contribution in [0, 0.1) is 0 Å². The normalized spacial score (nSPS) is 25.9. The molecule has 0 atom stereocenters. The van der Waals surface area contributed by atoms with E-state index in [9.17, 15) is 0 Å². The van der Waals surface area contributed by atoms with Crippen LogP contribution in [0.3, 0.4) is 0 Å². The molecule has 1 saturated carbocycles. The molecule has 0 saturated heterocycles. The van der Waals surface area contributed by atoms with Crippen LogP contribution in [0.1, 0.15) is 31.6 Å². The highest BCUT2D eigenvalue weighted by molar-refractivity contribution is 7.09. The predicted octanol–water partition coefficient (Wildman–Crippen LogP) is 2.45. The lowest BCUT2D eigenvalue weighted by Crippen LogP contribution is -2.52. The molecule has 2 N–H and O–H groups in total. The van der Waals surface area contributed by atoms with Crippen LogP contribution in [-0.4, -0.2) is 23.0 Å². The van der Waals surface area contributed by atoms with Gasteiger partial charge in [-0.25, -0.2) is 0 Å². The SMILES string of the molecule is CC(C)N(Cc1cccs1)C1CC(N)C1. The third kappa shape index (κ3) is 2.60. The Balaban J connectivity index is 1.95. The summed E-state index contributed by atoms with van der Waals surface area (Å²) in [5.74, 6) is 0. The molecule has 2 nitrogen and oxygen atoms in total. The van der Waals surface area contributed by atoms with E-state index in [0.29, 0.717) is 18.1 Å². The molecule has 2 rings (SSSR count). The fourth-order valence-corrected chi connectivity index (χ4v) is 2.93. The summed E-state index contributed by atoms with van der Waals surface area (Å²) in [6.45, 7) is 5.64. The first-order valence-electron chi connectivity index (χ1n) is 5.70. The smallest absolute Gasteiger partial charge is 0.0333 e. The van der Waals surface area contributed by atoms with Crippen molar-refractivity contribution in [1.29, 1.82) is 0 Å². The highest BCUT2D eigenvalue weighted by atomic mass is 32.1.